The minimum atomic E-state index is 0.359. The molecule has 0 amide bonds. The molecule has 2 N–H and O–H groups in total. The van der Waals surface area contributed by atoms with Crippen LogP contribution in [0.4, 0.5) is 5.82 Å². The summed E-state index contributed by atoms with van der Waals surface area (Å²) in [6.45, 7) is 9.17. The first-order chi connectivity index (χ1) is 8.45. The van der Waals surface area contributed by atoms with Crippen LogP contribution < -0.4 is 5.73 Å². The van der Waals surface area contributed by atoms with Crippen LogP contribution in [0.5, 0.6) is 0 Å². The Labute approximate surface area is 108 Å². The Bertz CT molecular complexity index is 562. The standard InChI is InChI=1S/C13H21N5/c1-6-18-12(14)11(15-13(18)8(2)3)10-7-17(5)16-9(10)4/h7-8H,6,14H2,1-5H3. The summed E-state index contributed by atoms with van der Waals surface area (Å²) in [4.78, 5) is 4.71. The second-order valence-corrected chi connectivity index (χ2v) is 4.90. The summed E-state index contributed by atoms with van der Waals surface area (Å²) < 4.78 is 3.87. The second-order valence-electron chi connectivity index (χ2n) is 4.90. The molecule has 98 valence electrons. The van der Waals surface area contributed by atoms with Gasteiger partial charge in [0.05, 0.1) is 5.69 Å². The molecule has 0 aliphatic rings. The summed E-state index contributed by atoms with van der Waals surface area (Å²) in [7, 11) is 1.91. The van der Waals surface area contributed by atoms with Crippen molar-refractivity contribution in [1.82, 2.24) is 19.3 Å². The van der Waals surface area contributed by atoms with Crippen molar-refractivity contribution in [2.45, 2.75) is 40.2 Å². The van der Waals surface area contributed by atoms with Crippen LogP contribution in [-0.4, -0.2) is 19.3 Å². The molecule has 18 heavy (non-hydrogen) atoms. The zero-order valence-electron chi connectivity index (χ0n) is 11.7. The van der Waals surface area contributed by atoms with E-state index >= 15 is 0 Å². The Balaban J connectivity index is 2.62. The smallest absolute Gasteiger partial charge is 0.131 e. The summed E-state index contributed by atoms with van der Waals surface area (Å²) in [5.74, 6) is 2.13. The Morgan fingerprint density at radius 3 is 2.44 bits per heavy atom. The van der Waals surface area contributed by atoms with Gasteiger partial charge < -0.3 is 10.3 Å². The average Bonchev–Trinajstić information content (AvgIpc) is 2.78. The first-order valence-corrected chi connectivity index (χ1v) is 6.32. The van der Waals surface area contributed by atoms with Crippen molar-refractivity contribution >= 4 is 5.82 Å². The fourth-order valence-electron chi connectivity index (χ4n) is 2.29. The van der Waals surface area contributed by atoms with Crippen LogP contribution in [0.2, 0.25) is 0 Å². The summed E-state index contributed by atoms with van der Waals surface area (Å²) in [5, 5.41) is 4.35. The van der Waals surface area contributed by atoms with Crippen LogP contribution in [0, 0.1) is 6.92 Å². The van der Waals surface area contributed by atoms with Crippen molar-refractivity contribution in [3.8, 4) is 11.3 Å². The summed E-state index contributed by atoms with van der Waals surface area (Å²) in [5.41, 5.74) is 9.06. The monoisotopic (exact) mass is 247 g/mol. The van der Waals surface area contributed by atoms with E-state index in [1.165, 1.54) is 0 Å². The Hall–Kier alpha value is -1.78. The fraction of sp³-hybridized carbons (Fsp3) is 0.538. The van der Waals surface area contributed by atoms with Crippen LogP contribution in [0.15, 0.2) is 6.20 Å². The lowest BCUT2D eigenvalue weighted by Gasteiger charge is -2.08. The molecule has 0 unspecified atom stereocenters. The number of anilines is 1. The van der Waals surface area contributed by atoms with E-state index in [0.29, 0.717) is 5.92 Å². The van der Waals surface area contributed by atoms with Gasteiger partial charge in [-0.3, -0.25) is 4.68 Å². The van der Waals surface area contributed by atoms with Crippen molar-refractivity contribution < 1.29 is 0 Å². The molecule has 2 rings (SSSR count). The number of nitrogens with two attached hydrogens (primary N) is 1. The van der Waals surface area contributed by atoms with E-state index in [0.717, 1.165) is 35.1 Å². The lowest BCUT2D eigenvalue weighted by Crippen LogP contribution is -2.06. The van der Waals surface area contributed by atoms with Gasteiger partial charge in [0.25, 0.3) is 0 Å². The molecule has 0 radical (unpaired) electrons. The van der Waals surface area contributed by atoms with Gasteiger partial charge in [-0.05, 0) is 13.8 Å². The molecule has 0 fully saturated rings. The summed E-state index contributed by atoms with van der Waals surface area (Å²) in [6.07, 6.45) is 1.97. The van der Waals surface area contributed by atoms with E-state index in [1.54, 1.807) is 4.68 Å². The molecule has 5 nitrogen and oxygen atoms in total. The van der Waals surface area contributed by atoms with Gasteiger partial charge in [0.1, 0.15) is 17.3 Å². The predicted molar refractivity (Wildman–Crippen MR) is 73.3 cm³/mol. The normalized spacial score (nSPS) is 11.4. The topological polar surface area (TPSA) is 61.7 Å². The predicted octanol–water partition coefficient (Wildman–Crippen LogP) is 2.32. The number of rotatable bonds is 3. The third-order valence-corrected chi connectivity index (χ3v) is 3.14. The van der Waals surface area contributed by atoms with E-state index < -0.39 is 0 Å². The minimum absolute atomic E-state index is 0.359. The zero-order chi connectivity index (χ0) is 13.4. The SMILES string of the molecule is CCn1c(C(C)C)nc(-c2cn(C)nc2C)c1N. The molecule has 0 spiro atoms. The van der Waals surface area contributed by atoms with Gasteiger partial charge in [-0.1, -0.05) is 13.8 Å². The second kappa shape index (κ2) is 4.48. The fourth-order valence-corrected chi connectivity index (χ4v) is 2.29. The molecule has 5 heteroatoms. The number of hydrogen-bond donors (Lipinski definition) is 1. The average molecular weight is 247 g/mol. The molecule has 2 aromatic heterocycles. The van der Waals surface area contributed by atoms with Crippen LogP contribution in [0.1, 0.15) is 38.2 Å². The molecule has 0 aromatic carbocycles. The van der Waals surface area contributed by atoms with Crippen LogP contribution in [-0.2, 0) is 13.6 Å². The number of nitrogens with zero attached hydrogens (tertiary/aromatic N) is 4. The Kier molecular flexibility index (Phi) is 3.15. The van der Waals surface area contributed by atoms with Gasteiger partial charge in [0.15, 0.2) is 0 Å². The van der Waals surface area contributed by atoms with Gasteiger partial charge in [-0.2, -0.15) is 5.10 Å². The number of hydrogen-bond acceptors (Lipinski definition) is 3. The highest BCUT2D eigenvalue weighted by Gasteiger charge is 2.19. The van der Waals surface area contributed by atoms with E-state index in [2.05, 4.69) is 30.4 Å². The number of aromatic nitrogens is 4. The lowest BCUT2D eigenvalue weighted by atomic mass is 10.2. The molecule has 0 aliphatic carbocycles. The Morgan fingerprint density at radius 2 is 2.06 bits per heavy atom. The maximum atomic E-state index is 6.23. The Morgan fingerprint density at radius 1 is 1.39 bits per heavy atom. The molecule has 0 aliphatic heterocycles. The quantitative estimate of drug-likeness (QED) is 0.905. The number of nitrogen functional groups attached to an aromatic ring is 1. The maximum absolute atomic E-state index is 6.23. The van der Waals surface area contributed by atoms with Gasteiger partial charge in [-0.15, -0.1) is 0 Å². The third-order valence-electron chi connectivity index (χ3n) is 3.14. The maximum Gasteiger partial charge on any atom is 0.131 e. The molecule has 0 atom stereocenters. The highest BCUT2D eigenvalue weighted by atomic mass is 15.3. The van der Waals surface area contributed by atoms with Crippen molar-refractivity contribution in [2.75, 3.05) is 5.73 Å². The molecule has 0 saturated carbocycles. The van der Waals surface area contributed by atoms with Gasteiger partial charge in [0, 0.05) is 31.3 Å². The molecule has 2 aromatic rings. The number of aryl methyl sites for hydroxylation is 2. The van der Waals surface area contributed by atoms with Gasteiger partial charge >= 0.3 is 0 Å². The van der Waals surface area contributed by atoms with Crippen molar-refractivity contribution in [3.63, 3.8) is 0 Å². The first kappa shape index (κ1) is 12.7. The number of imidazole rings is 1. The van der Waals surface area contributed by atoms with E-state index in [1.807, 2.05) is 20.2 Å². The summed E-state index contributed by atoms with van der Waals surface area (Å²) in [6, 6.07) is 0. The van der Waals surface area contributed by atoms with Gasteiger partial charge in [0.2, 0.25) is 0 Å². The molecule has 2 heterocycles. The molecular formula is C13H21N5. The minimum Gasteiger partial charge on any atom is -0.383 e. The van der Waals surface area contributed by atoms with Crippen LogP contribution in [0.3, 0.4) is 0 Å². The third kappa shape index (κ3) is 1.89. The van der Waals surface area contributed by atoms with Crippen molar-refractivity contribution in [3.05, 3.63) is 17.7 Å². The van der Waals surface area contributed by atoms with E-state index in [4.69, 9.17) is 10.7 Å². The summed E-state index contributed by atoms with van der Waals surface area (Å²) >= 11 is 0. The van der Waals surface area contributed by atoms with Crippen LogP contribution in [0.25, 0.3) is 11.3 Å². The van der Waals surface area contributed by atoms with E-state index in [9.17, 15) is 0 Å². The van der Waals surface area contributed by atoms with Gasteiger partial charge in [-0.25, -0.2) is 4.98 Å². The molecular weight excluding hydrogens is 226 g/mol. The van der Waals surface area contributed by atoms with Crippen LogP contribution >= 0.6 is 0 Å². The highest BCUT2D eigenvalue weighted by molar-refractivity contribution is 5.72. The largest absolute Gasteiger partial charge is 0.383 e. The zero-order valence-corrected chi connectivity index (χ0v) is 11.7. The van der Waals surface area contributed by atoms with Crippen molar-refractivity contribution in [1.29, 1.82) is 0 Å². The first-order valence-electron chi connectivity index (χ1n) is 6.32. The highest BCUT2D eigenvalue weighted by Crippen LogP contribution is 2.30. The molecule has 0 bridgehead atoms. The lowest BCUT2D eigenvalue weighted by molar-refractivity contribution is 0.658. The van der Waals surface area contributed by atoms with Crippen molar-refractivity contribution in [2.24, 2.45) is 7.05 Å². The molecule has 0 saturated heterocycles. The van der Waals surface area contributed by atoms with E-state index in [-0.39, 0.29) is 0 Å².